The van der Waals surface area contributed by atoms with Crippen LogP contribution in [0.3, 0.4) is 0 Å². The van der Waals surface area contributed by atoms with Crippen LogP contribution in [0.5, 0.6) is 0 Å². The zero-order valence-electron chi connectivity index (χ0n) is 30.2. The van der Waals surface area contributed by atoms with Crippen LogP contribution in [0.2, 0.25) is 10.0 Å². The van der Waals surface area contributed by atoms with Gasteiger partial charge in [-0.25, -0.2) is 0 Å². The number of rotatable bonds is 16. The van der Waals surface area contributed by atoms with Crippen LogP contribution in [0.15, 0.2) is 59.7 Å². The Kier molecular flexibility index (Phi) is 13.8. The summed E-state index contributed by atoms with van der Waals surface area (Å²) in [5.74, 6) is 2.03. The van der Waals surface area contributed by atoms with Gasteiger partial charge in [0.15, 0.2) is 0 Å². The molecule has 0 amide bonds. The van der Waals surface area contributed by atoms with Crippen molar-refractivity contribution in [3.63, 3.8) is 0 Å². The standard InChI is InChI=1S/C43H63Cl2N/c1-8-12-16-32(6)33(7)34(14-9-2)20-19-31(5)26-37-27-36-29-41(45)35(15-10-3)28-40(36)43(37)24-22-42(21-11-4,23-25-43)46-39-18-13-17-38(44)30-39/h9,13-14,17-18,28-32,37,46H,8,10-12,15-16,19-27H2,1-7H3/b14-9-,34-33-. The quantitative estimate of drug-likeness (QED) is 0.176. The van der Waals surface area contributed by atoms with Crippen LogP contribution in [0.25, 0.3) is 0 Å². The van der Waals surface area contributed by atoms with Gasteiger partial charge < -0.3 is 5.32 Å². The van der Waals surface area contributed by atoms with E-state index in [1.165, 1.54) is 94.6 Å². The van der Waals surface area contributed by atoms with Gasteiger partial charge in [0.1, 0.15) is 0 Å². The maximum absolute atomic E-state index is 6.93. The van der Waals surface area contributed by atoms with Gasteiger partial charge >= 0.3 is 0 Å². The van der Waals surface area contributed by atoms with Crippen molar-refractivity contribution < 1.29 is 0 Å². The Morgan fingerprint density at radius 2 is 1.74 bits per heavy atom. The van der Waals surface area contributed by atoms with Gasteiger partial charge in [0.2, 0.25) is 0 Å². The second-order valence-electron chi connectivity index (χ2n) is 15.2. The molecule has 0 aliphatic heterocycles. The molecule has 4 rings (SSSR count). The Bertz CT molecular complexity index is 1330. The molecule has 46 heavy (non-hydrogen) atoms. The van der Waals surface area contributed by atoms with Crippen molar-refractivity contribution in [1.29, 1.82) is 0 Å². The van der Waals surface area contributed by atoms with Crippen molar-refractivity contribution in [1.82, 2.24) is 0 Å². The lowest BCUT2D eigenvalue weighted by atomic mass is 9.59. The summed E-state index contributed by atoms with van der Waals surface area (Å²) in [6, 6.07) is 13.2. The molecule has 254 valence electrons. The van der Waals surface area contributed by atoms with E-state index < -0.39 is 0 Å². The molecule has 2 aliphatic carbocycles. The summed E-state index contributed by atoms with van der Waals surface area (Å²) in [6.07, 6.45) is 23.0. The third kappa shape index (κ3) is 8.85. The number of hydrogen-bond donors (Lipinski definition) is 1. The summed E-state index contributed by atoms with van der Waals surface area (Å²) in [7, 11) is 0. The minimum absolute atomic E-state index is 0.125. The van der Waals surface area contributed by atoms with Crippen LogP contribution in [0.1, 0.15) is 149 Å². The lowest BCUT2D eigenvalue weighted by Gasteiger charge is -2.49. The number of nitrogens with one attached hydrogen (secondary N) is 1. The summed E-state index contributed by atoms with van der Waals surface area (Å²) in [6.45, 7) is 16.4. The van der Waals surface area contributed by atoms with E-state index in [9.17, 15) is 0 Å². The molecule has 0 saturated heterocycles. The minimum Gasteiger partial charge on any atom is -0.380 e. The Morgan fingerprint density at radius 3 is 2.39 bits per heavy atom. The van der Waals surface area contributed by atoms with Crippen molar-refractivity contribution in [3.05, 3.63) is 86.4 Å². The molecule has 2 aliphatic rings. The number of fused-ring (bicyclic) bond motifs is 2. The first kappa shape index (κ1) is 37.1. The van der Waals surface area contributed by atoms with Gasteiger partial charge in [-0.15, -0.1) is 0 Å². The van der Waals surface area contributed by atoms with Gasteiger partial charge in [-0.1, -0.05) is 113 Å². The molecule has 3 unspecified atom stereocenters. The van der Waals surface area contributed by atoms with Gasteiger partial charge in [-0.2, -0.15) is 0 Å². The molecular weight excluding hydrogens is 601 g/mol. The topological polar surface area (TPSA) is 12.0 Å². The Morgan fingerprint density at radius 1 is 0.978 bits per heavy atom. The predicted molar refractivity (Wildman–Crippen MR) is 205 cm³/mol. The summed E-state index contributed by atoms with van der Waals surface area (Å²) in [5.41, 5.74) is 9.24. The first-order chi connectivity index (χ1) is 22.1. The molecule has 0 radical (unpaired) electrons. The van der Waals surface area contributed by atoms with Crippen LogP contribution < -0.4 is 5.32 Å². The number of unbranched alkanes of at least 4 members (excludes halogenated alkanes) is 1. The fraction of sp³-hybridized carbons (Fsp3) is 0.628. The zero-order chi connectivity index (χ0) is 33.3. The molecule has 3 atom stereocenters. The Labute approximate surface area is 293 Å². The van der Waals surface area contributed by atoms with Crippen LogP contribution >= 0.6 is 23.2 Å². The lowest BCUT2D eigenvalue weighted by Crippen LogP contribution is -2.48. The Balaban J connectivity index is 1.58. The van der Waals surface area contributed by atoms with Crippen molar-refractivity contribution in [2.45, 2.75) is 156 Å². The van der Waals surface area contributed by atoms with Crippen molar-refractivity contribution in [2.24, 2.45) is 17.8 Å². The molecule has 0 aromatic heterocycles. The SMILES string of the molecule is C/C=C\C(CCC(C)CC1Cc2cc(Cl)c(CCC)cc2C12CCC(CCC)(Nc1cccc(Cl)c1)CC2)=C(/C)C(C)CCCC. The maximum Gasteiger partial charge on any atom is 0.0440 e. The summed E-state index contributed by atoms with van der Waals surface area (Å²) in [4.78, 5) is 0. The second kappa shape index (κ2) is 17.1. The van der Waals surface area contributed by atoms with Crippen LogP contribution in [0.4, 0.5) is 5.69 Å². The Hall–Kier alpha value is -1.70. The first-order valence-electron chi connectivity index (χ1n) is 18.8. The largest absolute Gasteiger partial charge is 0.380 e. The highest BCUT2D eigenvalue weighted by Gasteiger charge is 2.51. The van der Waals surface area contributed by atoms with E-state index in [-0.39, 0.29) is 11.0 Å². The normalized spacial score (nSPS) is 24.7. The van der Waals surface area contributed by atoms with E-state index in [0.29, 0.717) is 17.8 Å². The second-order valence-corrected chi connectivity index (χ2v) is 16.0. The van der Waals surface area contributed by atoms with Crippen LogP contribution in [-0.2, 0) is 18.3 Å². The molecule has 0 bridgehead atoms. The van der Waals surface area contributed by atoms with Crippen molar-refractivity contribution in [3.8, 4) is 0 Å². The number of aryl methyl sites for hydroxylation is 1. The molecule has 1 spiro atoms. The molecule has 2 aromatic rings. The van der Waals surface area contributed by atoms with Crippen molar-refractivity contribution in [2.75, 3.05) is 5.32 Å². The molecule has 1 fully saturated rings. The fourth-order valence-corrected chi connectivity index (χ4v) is 9.52. The maximum atomic E-state index is 6.93. The van der Waals surface area contributed by atoms with Gasteiger partial charge in [-0.3, -0.25) is 0 Å². The van der Waals surface area contributed by atoms with Crippen LogP contribution in [0, 0.1) is 17.8 Å². The highest BCUT2D eigenvalue weighted by Crippen LogP contribution is 2.57. The molecule has 2 aromatic carbocycles. The van der Waals surface area contributed by atoms with E-state index in [4.69, 9.17) is 23.2 Å². The molecule has 1 nitrogen and oxygen atoms in total. The average molecular weight is 665 g/mol. The molecule has 0 heterocycles. The molecule has 3 heteroatoms. The zero-order valence-corrected chi connectivity index (χ0v) is 31.7. The number of allylic oxidation sites excluding steroid dienone is 4. The van der Waals surface area contributed by atoms with Crippen LogP contribution in [-0.4, -0.2) is 5.54 Å². The predicted octanol–water partition coefficient (Wildman–Crippen LogP) is 14.1. The summed E-state index contributed by atoms with van der Waals surface area (Å²) >= 11 is 13.3. The summed E-state index contributed by atoms with van der Waals surface area (Å²) in [5, 5.41) is 5.81. The van der Waals surface area contributed by atoms with Gasteiger partial charge in [0.05, 0.1) is 0 Å². The van der Waals surface area contributed by atoms with E-state index in [2.05, 4.69) is 96.3 Å². The average Bonchev–Trinajstić information content (AvgIpc) is 3.30. The smallest absolute Gasteiger partial charge is 0.0440 e. The molecule has 1 saturated carbocycles. The lowest BCUT2D eigenvalue weighted by molar-refractivity contribution is 0.137. The van der Waals surface area contributed by atoms with Gasteiger partial charge in [0, 0.05) is 21.3 Å². The first-order valence-corrected chi connectivity index (χ1v) is 19.5. The minimum atomic E-state index is 0.125. The van der Waals surface area contributed by atoms with E-state index in [1.54, 1.807) is 16.7 Å². The monoisotopic (exact) mass is 663 g/mol. The van der Waals surface area contributed by atoms with Crippen molar-refractivity contribution >= 4 is 28.9 Å². The molecular formula is C43H63Cl2N. The highest BCUT2D eigenvalue weighted by molar-refractivity contribution is 6.31. The van der Waals surface area contributed by atoms with Gasteiger partial charge in [-0.05, 0) is 154 Å². The highest BCUT2D eigenvalue weighted by atomic mass is 35.5. The number of anilines is 1. The van der Waals surface area contributed by atoms with E-state index in [0.717, 1.165) is 28.6 Å². The number of hydrogen-bond acceptors (Lipinski definition) is 1. The molecule has 1 N–H and O–H groups in total. The third-order valence-electron chi connectivity index (χ3n) is 11.8. The fourth-order valence-electron chi connectivity index (χ4n) is 9.04. The number of halogens is 2. The van der Waals surface area contributed by atoms with Gasteiger partial charge in [0.25, 0.3) is 0 Å². The van der Waals surface area contributed by atoms with E-state index >= 15 is 0 Å². The summed E-state index contributed by atoms with van der Waals surface area (Å²) < 4.78 is 0. The number of benzene rings is 2. The third-order valence-corrected chi connectivity index (χ3v) is 12.4. The van der Waals surface area contributed by atoms with E-state index in [1.807, 2.05) is 6.07 Å².